The van der Waals surface area contributed by atoms with Gasteiger partial charge in [-0.2, -0.15) is 0 Å². The molecule has 0 saturated heterocycles. The summed E-state index contributed by atoms with van der Waals surface area (Å²) >= 11 is 0. The van der Waals surface area contributed by atoms with E-state index in [9.17, 15) is 0 Å². The molecular weight excluding hydrogens is 212 g/mol. The summed E-state index contributed by atoms with van der Waals surface area (Å²) in [5.74, 6) is 0. The molecule has 0 aromatic heterocycles. The average Bonchev–Trinajstić information content (AvgIpc) is 2.31. The summed E-state index contributed by atoms with van der Waals surface area (Å²) in [6.45, 7) is 17.9. The second-order valence-corrected chi connectivity index (χ2v) is 11.0. The lowest BCUT2D eigenvalue weighted by Crippen LogP contribution is -2.41. The fourth-order valence-corrected chi connectivity index (χ4v) is 2.50. The van der Waals surface area contributed by atoms with E-state index >= 15 is 0 Å². The van der Waals surface area contributed by atoms with E-state index in [1.54, 1.807) is 0 Å². The Morgan fingerprint density at radius 2 is 1.50 bits per heavy atom. The summed E-state index contributed by atoms with van der Waals surface area (Å²) in [6, 6.07) is 0. The lowest BCUT2D eigenvalue weighted by Gasteiger charge is -2.38. The van der Waals surface area contributed by atoms with Gasteiger partial charge in [0.2, 0.25) is 0 Å². The minimum Gasteiger partial charge on any atom is -0.401 e. The minimum absolute atomic E-state index is 0.262. The zero-order valence-corrected chi connectivity index (χ0v) is 13.0. The van der Waals surface area contributed by atoms with E-state index in [4.69, 9.17) is 4.43 Å². The van der Waals surface area contributed by atoms with Gasteiger partial charge < -0.3 is 4.43 Å². The Labute approximate surface area is 102 Å². The van der Waals surface area contributed by atoms with Crippen LogP contribution in [0.4, 0.5) is 0 Å². The van der Waals surface area contributed by atoms with Gasteiger partial charge in [0.05, 0.1) is 0 Å². The number of hydrogen-bond acceptors (Lipinski definition) is 1. The second-order valence-electron chi connectivity index (χ2n) is 6.30. The monoisotopic (exact) mass is 237 g/mol. The third kappa shape index (κ3) is 2.49. The van der Waals surface area contributed by atoms with Crippen molar-refractivity contribution in [2.75, 3.05) is 0 Å². The molecule has 0 bridgehead atoms. The summed E-state index contributed by atoms with van der Waals surface area (Å²) in [6.07, 6.45) is 3.28. The maximum atomic E-state index is 6.34. The van der Waals surface area contributed by atoms with Crippen molar-refractivity contribution in [2.45, 2.75) is 59.7 Å². The smallest absolute Gasteiger partial charge is 0.193 e. The van der Waals surface area contributed by atoms with Crippen LogP contribution in [0.1, 0.15) is 41.5 Å². The molecule has 0 amide bonds. The van der Waals surface area contributed by atoms with Crippen LogP contribution in [0.15, 0.2) is 22.8 Å². The van der Waals surface area contributed by atoms with E-state index in [2.05, 4.69) is 60.7 Å². The summed E-state index contributed by atoms with van der Waals surface area (Å²) in [5, 5.41) is 0.262. The summed E-state index contributed by atoms with van der Waals surface area (Å²) in [4.78, 5) is 0. The molecule has 1 nitrogen and oxygen atoms in total. The Bertz CT molecular complexity index is 342. The largest absolute Gasteiger partial charge is 0.401 e. The van der Waals surface area contributed by atoms with Crippen LogP contribution in [0, 0.1) is 6.10 Å². The van der Waals surface area contributed by atoms with Gasteiger partial charge in [-0.1, -0.05) is 20.8 Å². The number of allylic oxidation sites excluding steroid dienone is 2. The molecule has 0 fully saturated rings. The molecule has 0 aliphatic heterocycles. The van der Waals surface area contributed by atoms with Crippen molar-refractivity contribution in [1.82, 2.24) is 0 Å². The summed E-state index contributed by atoms with van der Waals surface area (Å²) in [5.41, 5.74) is 4.02. The molecule has 0 aromatic carbocycles. The van der Waals surface area contributed by atoms with Crippen LogP contribution in [0.3, 0.4) is 0 Å². The zero-order chi connectivity index (χ0) is 12.7. The Hall–Kier alpha value is -0.343. The van der Waals surface area contributed by atoms with Gasteiger partial charge in [-0.05, 0) is 61.7 Å². The van der Waals surface area contributed by atoms with Gasteiger partial charge in [0.25, 0.3) is 0 Å². The van der Waals surface area contributed by atoms with Gasteiger partial charge in [0.15, 0.2) is 8.32 Å². The zero-order valence-electron chi connectivity index (χ0n) is 12.0. The topological polar surface area (TPSA) is 9.23 Å². The highest BCUT2D eigenvalue weighted by molar-refractivity contribution is 6.74. The third-order valence-electron chi connectivity index (χ3n) is 4.04. The molecule has 1 aliphatic carbocycles. The maximum absolute atomic E-state index is 6.34. The predicted octanol–water partition coefficient (Wildman–Crippen LogP) is 4.84. The molecule has 0 N–H and O–H groups in total. The molecule has 0 saturated carbocycles. The average molecular weight is 237 g/mol. The first-order chi connectivity index (χ1) is 7.06. The first-order valence-electron chi connectivity index (χ1n) is 5.99. The van der Waals surface area contributed by atoms with Crippen molar-refractivity contribution in [3.8, 4) is 0 Å². The molecule has 0 atom stereocenters. The quantitative estimate of drug-likeness (QED) is 0.625. The van der Waals surface area contributed by atoms with E-state index in [1.807, 2.05) is 0 Å². The lowest BCUT2D eigenvalue weighted by atomic mass is 10.1. The van der Waals surface area contributed by atoms with Crippen LogP contribution in [0.2, 0.25) is 18.1 Å². The molecule has 16 heavy (non-hydrogen) atoms. The van der Waals surface area contributed by atoms with Gasteiger partial charge in [0, 0.05) is 0 Å². The molecule has 1 radical (unpaired) electrons. The Morgan fingerprint density at radius 3 is 1.81 bits per heavy atom. The maximum Gasteiger partial charge on any atom is 0.193 e. The first kappa shape index (κ1) is 13.7. The second kappa shape index (κ2) is 4.15. The van der Waals surface area contributed by atoms with Crippen LogP contribution in [0.25, 0.3) is 0 Å². The fourth-order valence-electron chi connectivity index (χ4n) is 1.43. The molecule has 91 valence electrons. The molecular formula is C14H25OSi. The van der Waals surface area contributed by atoms with E-state index in [-0.39, 0.29) is 5.04 Å². The van der Waals surface area contributed by atoms with Crippen molar-refractivity contribution < 1.29 is 4.43 Å². The standard InChI is InChI=1S/C14H25OSi/c1-10-9-13(12(3)11(10)2)15-16(7,8)14(4,5)6/h9H,1-8H3. The fraction of sp³-hybridized carbons (Fsp3) is 0.643. The van der Waals surface area contributed by atoms with E-state index in [0.29, 0.717) is 0 Å². The lowest BCUT2D eigenvalue weighted by molar-refractivity contribution is 0.343. The highest BCUT2D eigenvalue weighted by Gasteiger charge is 2.40. The number of rotatable bonds is 2. The minimum atomic E-state index is -1.69. The van der Waals surface area contributed by atoms with Crippen molar-refractivity contribution >= 4 is 8.32 Å². The van der Waals surface area contributed by atoms with Crippen LogP contribution in [-0.4, -0.2) is 8.32 Å². The SMILES string of the molecule is CC1=C[C](O[Si](C)(C)C(C)(C)C)C(C)=C1C. The molecule has 2 heteroatoms. The van der Waals surface area contributed by atoms with Crippen molar-refractivity contribution in [2.24, 2.45) is 0 Å². The first-order valence-corrected chi connectivity index (χ1v) is 8.89. The molecule has 0 unspecified atom stereocenters. The Kier molecular flexibility index (Phi) is 3.56. The molecule has 0 heterocycles. The highest BCUT2D eigenvalue weighted by atomic mass is 28.4. The molecule has 0 aromatic rings. The van der Waals surface area contributed by atoms with Crippen molar-refractivity contribution in [3.63, 3.8) is 0 Å². The van der Waals surface area contributed by atoms with Crippen LogP contribution in [0.5, 0.6) is 0 Å². The third-order valence-corrected chi connectivity index (χ3v) is 8.39. The van der Waals surface area contributed by atoms with Crippen LogP contribution >= 0.6 is 0 Å². The van der Waals surface area contributed by atoms with Gasteiger partial charge in [-0.15, -0.1) is 0 Å². The van der Waals surface area contributed by atoms with Gasteiger partial charge in [0.1, 0.15) is 6.10 Å². The van der Waals surface area contributed by atoms with Crippen molar-refractivity contribution in [1.29, 1.82) is 0 Å². The molecule has 0 spiro atoms. The highest BCUT2D eigenvalue weighted by Crippen LogP contribution is 2.42. The normalized spacial score (nSPS) is 19.4. The van der Waals surface area contributed by atoms with E-state index < -0.39 is 8.32 Å². The van der Waals surface area contributed by atoms with Crippen LogP contribution < -0.4 is 0 Å². The molecule has 1 rings (SSSR count). The van der Waals surface area contributed by atoms with E-state index in [1.165, 1.54) is 16.7 Å². The van der Waals surface area contributed by atoms with Gasteiger partial charge in [-0.3, -0.25) is 0 Å². The van der Waals surface area contributed by atoms with Crippen molar-refractivity contribution in [3.05, 3.63) is 28.9 Å². The molecule has 1 aliphatic rings. The Morgan fingerprint density at radius 1 is 1.00 bits per heavy atom. The predicted molar refractivity (Wildman–Crippen MR) is 73.7 cm³/mol. The van der Waals surface area contributed by atoms with Gasteiger partial charge >= 0.3 is 0 Å². The summed E-state index contributed by atoms with van der Waals surface area (Å²) < 4.78 is 6.34. The number of hydrogen-bond donors (Lipinski definition) is 0. The Balaban J connectivity index is 2.86. The van der Waals surface area contributed by atoms with E-state index in [0.717, 1.165) is 6.10 Å². The summed E-state index contributed by atoms with van der Waals surface area (Å²) in [7, 11) is -1.69. The van der Waals surface area contributed by atoms with Crippen LogP contribution in [-0.2, 0) is 4.43 Å². The van der Waals surface area contributed by atoms with Gasteiger partial charge in [-0.25, -0.2) is 0 Å².